The Hall–Kier alpha value is -3.74. The number of aliphatic imine (C=N–C) groups is 1. The molecule has 0 radical (unpaired) electrons. The van der Waals surface area contributed by atoms with Crippen LogP contribution in [-0.4, -0.2) is 35.6 Å². The molecule has 0 saturated carbocycles. The van der Waals surface area contributed by atoms with Crippen LogP contribution in [-0.2, 0) is 19.4 Å². The Balaban J connectivity index is 1.33. The predicted octanol–water partition coefficient (Wildman–Crippen LogP) is 6.55. The molecule has 0 saturated heterocycles. The molecule has 1 aliphatic rings. The number of carbonyl (C=O) groups excluding carboxylic acids is 1. The average molecular weight is 499 g/mol. The lowest BCUT2D eigenvalue weighted by molar-refractivity contribution is 0.0993. The number of nitrogens with zero attached hydrogens (tertiary/aromatic N) is 3. The van der Waals surface area contributed by atoms with Crippen LogP contribution in [0, 0.1) is 0 Å². The van der Waals surface area contributed by atoms with Crippen LogP contribution in [0.3, 0.4) is 0 Å². The van der Waals surface area contributed by atoms with Crippen LogP contribution in [0.4, 0.5) is 11.5 Å². The number of aryl methyl sites for hydroxylation is 1. The quantitative estimate of drug-likeness (QED) is 0.313. The fourth-order valence-electron chi connectivity index (χ4n) is 4.24. The third-order valence-corrected chi connectivity index (χ3v) is 6.46. The largest absolute Gasteiger partial charge is 0.455 e. The summed E-state index contributed by atoms with van der Waals surface area (Å²) < 4.78 is 5.67. The van der Waals surface area contributed by atoms with Gasteiger partial charge in [0.15, 0.2) is 11.6 Å². The number of furan rings is 1. The molecule has 1 N–H and O–H groups in total. The zero-order chi connectivity index (χ0) is 25.2. The van der Waals surface area contributed by atoms with Crippen LogP contribution < -0.4 is 5.32 Å². The van der Waals surface area contributed by atoms with Gasteiger partial charge in [0, 0.05) is 40.0 Å². The fourth-order valence-corrected chi connectivity index (χ4v) is 4.47. The molecule has 7 heteroatoms. The molecule has 0 spiro atoms. The van der Waals surface area contributed by atoms with Gasteiger partial charge in [-0.3, -0.25) is 4.79 Å². The molecule has 5 rings (SSSR count). The third-order valence-electron chi connectivity index (χ3n) is 6.13. The molecule has 0 fully saturated rings. The van der Waals surface area contributed by atoms with Crippen LogP contribution in [0.25, 0.3) is 11.1 Å². The van der Waals surface area contributed by atoms with E-state index in [2.05, 4.69) is 47.6 Å². The number of rotatable bonds is 7. The molecule has 36 heavy (non-hydrogen) atoms. The first kappa shape index (κ1) is 24.0. The summed E-state index contributed by atoms with van der Waals surface area (Å²) in [6.07, 6.45) is 3.49. The average Bonchev–Trinajstić information content (AvgIpc) is 3.51. The van der Waals surface area contributed by atoms with Gasteiger partial charge in [-0.05, 0) is 68.0 Å². The molecule has 2 aromatic carbocycles. The monoisotopic (exact) mass is 498 g/mol. The Morgan fingerprint density at radius 2 is 1.86 bits per heavy atom. The van der Waals surface area contributed by atoms with Crippen molar-refractivity contribution in [2.24, 2.45) is 4.99 Å². The molecule has 1 aliphatic heterocycles. The molecule has 0 unspecified atom stereocenters. The van der Waals surface area contributed by atoms with E-state index in [1.807, 2.05) is 37.3 Å². The first-order chi connectivity index (χ1) is 17.4. The zero-order valence-electron chi connectivity index (χ0n) is 20.5. The second-order valence-corrected chi connectivity index (χ2v) is 9.55. The summed E-state index contributed by atoms with van der Waals surface area (Å²) in [5.41, 5.74) is 6.76. The minimum Gasteiger partial charge on any atom is -0.455 e. The number of hydrogen-bond acceptors (Lipinski definition) is 5. The number of hydrogen-bond donors (Lipinski definition) is 1. The standard InChI is InChI=1S/C29H27ClN4O2/c1-4-18-5-7-19(8-6-18)21-13-20-14-26(33-28(20)31-16-21)24-15-22(9-11-25(24)30)32-29(35)27-12-10-23(36-27)17-34(2)3/h5-13,15-16H,4,14,17H2,1-3H3,(H,32,35). The first-order valence-corrected chi connectivity index (χ1v) is 12.3. The maximum atomic E-state index is 12.7. The van der Waals surface area contributed by atoms with Gasteiger partial charge in [0.2, 0.25) is 0 Å². The minimum atomic E-state index is -0.315. The minimum absolute atomic E-state index is 0.262. The van der Waals surface area contributed by atoms with Gasteiger partial charge in [-0.15, -0.1) is 0 Å². The van der Waals surface area contributed by atoms with Crippen molar-refractivity contribution in [2.75, 3.05) is 19.4 Å². The second kappa shape index (κ2) is 10.1. The lowest BCUT2D eigenvalue weighted by atomic mass is 10.0. The Labute approximate surface area is 215 Å². The molecule has 0 aliphatic carbocycles. The van der Waals surface area contributed by atoms with Crippen molar-refractivity contribution >= 4 is 34.7 Å². The first-order valence-electron chi connectivity index (χ1n) is 11.9. The zero-order valence-corrected chi connectivity index (χ0v) is 21.3. The molecule has 182 valence electrons. The summed E-state index contributed by atoms with van der Waals surface area (Å²) >= 11 is 6.54. The van der Waals surface area contributed by atoms with Crippen molar-refractivity contribution in [2.45, 2.75) is 26.3 Å². The number of halogens is 1. The highest BCUT2D eigenvalue weighted by Crippen LogP contribution is 2.33. The van der Waals surface area contributed by atoms with Gasteiger partial charge in [0.05, 0.1) is 12.3 Å². The number of nitrogens with one attached hydrogen (secondary N) is 1. The molecule has 6 nitrogen and oxygen atoms in total. The number of amides is 1. The predicted molar refractivity (Wildman–Crippen MR) is 144 cm³/mol. The van der Waals surface area contributed by atoms with Crippen LogP contribution >= 0.6 is 11.6 Å². The van der Waals surface area contributed by atoms with Crippen LogP contribution in [0.2, 0.25) is 5.02 Å². The maximum Gasteiger partial charge on any atom is 0.291 e. The Morgan fingerprint density at radius 3 is 2.61 bits per heavy atom. The van der Waals surface area contributed by atoms with E-state index >= 15 is 0 Å². The van der Waals surface area contributed by atoms with Crippen LogP contribution in [0.5, 0.6) is 0 Å². The summed E-state index contributed by atoms with van der Waals surface area (Å²) in [5, 5.41) is 3.47. The van der Waals surface area contributed by atoms with E-state index in [1.54, 1.807) is 18.2 Å². The smallest absolute Gasteiger partial charge is 0.291 e. The highest BCUT2D eigenvalue weighted by molar-refractivity contribution is 6.34. The van der Waals surface area contributed by atoms with E-state index in [4.69, 9.17) is 21.0 Å². The van der Waals surface area contributed by atoms with Gasteiger partial charge in [-0.2, -0.15) is 0 Å². The molecule has 3 heterocycles. The third kappa shape index (κ3) is 5.10. The number of fused-ring (bicyclic) bond motifs is 1. The van der Waals surface area contributed by atoms with Gasteiger partial charge >= 0.3 is 0 Å². The van der Waals surface area contributed by atoms with E-state index < -0.39 is 0 Å². The van der Waals surface area contributed by atoms with E-state index in [0.717, 1.165) is 40.1 Å². The number of aromatic nitrogens is 1. The number of anilines is 1. The van der Waals surface area contributed by atoms with Crippen molar-refractivity contribution in [3.63, 3.8) is 0 Å². The van der Waals surface area contributed by atoms with E-state index in [0.29, 0.717) is 29.5 Å². The SMILES string of the molecule is CCc1ccc(-c2cnc3c(c2)CC(c2cc(NC(=O)c4ccc(CN(C)C)o4)ccc2Cl)=N3)cc1. The highest BCUT2D eigenvalue weighted by Gasteiger charge is 2.21. The molecule has 1 amide bonds. The fraction of sp³-hybridized carbons (Fsp3) is 0.207. The van der Waals surface area contributed by atoms with Crippen molar-refractivity contribution in [3.05, 3.63) is 100 Å². The van der Waals surface area contributed by atoms with Gasteiger partial charge in [0.1, 0.15) is 5.76 Å². The summed E-state index contributed by atoms with van der Waals surface area (Å²) in [6, 6.07) is 19.6. The van der Waals surface area contributed by atoms with Gasteiger partial charge in [-0.1, -0.05) is 42.8 Å². The topological polar surface area (TPSA) is 70.7 Å². The Morgan fingerprint density at radius 1 is 1.06 bits per heavy atom. The lowest BCUT2D eigenvalue weighted by Gasteiger charge is -2.09. The molecular formula is C29H27ClN4O2. The second-order valence-electron chi connectivity index (χ2n) is 9.14. The lowest BCUT2D eigenvalue weighted by Crippen LogP contribution is -2.12. The van der Waals surface area contributed by atoms with Crippen LogP contribution in [0.15, 0.2) is 76.3 Å². The van der Waals surface area contributed by atoms with Crippen LogP contribution in [0.1, 0.15) is 39.9 Å². The Kier molecular flexibility index (Phi) is 6.72. The molecular weight excluding hydrogens is 472 g/mol. The van der Waals surface area contributed by atoms with Crippen molar-refractivity contribution in [3.8, 4) is 11.1 Å². The summed E-state index contributed by atoms with van der Waals surface area (Å²) in [4.78, 5) is 24.0. The molecule has 0 bridgehead atoms. The normalized spacial score (nSPS) is 12.5. The van der Waals surface area contributed by atoms with Gasteiger partial charge in [0.25, 0.3) is 5.91 Å². The van der Waals surface area contributed by atoms with E-state index in [9.17, 15) is 4.79 Å². The van der Waals surface area contributed by atoms with Crippen molar-refractivity contribution in [1.82, 2.24) is 9.88 Å². The number of carbonyl (C=O) groups is 1. The van der Waals surface area contributed by atoms with E-state index in [-0.39, 0.29) is 11.7 Å². The number of pyridine rings is 1. The molecule has 0 atom stereocenters. The maximum absolute atomic E-state index is 12.7. The molecule has 2 aromatic heterocycles. The van der Waals surface area contributed by atoms with Gasteiger partial charge < -0.3 is 14.6 Å². The van der Waals surface area contributed by atoms with E-state index in [1.165, 1.54) is 5.56 Å². The summed E-state index contributed by atoms with van der Waals surface area (Å²) in [6.45, 7) is 2.77. The van der Waals surface area contributed by atoms with Crippen molar-refractivity contribution < 1.29 is 9.21 Å². The summed E-state index contributed by atoms with van der Waals surface area (Å²) in [5.74, 6) is 1.38. The molecule has 4 aromatic rings. The van der Waals surface area contributed by atoms with Crippen molar-refractivity contribution in [1.29, 1.82) is 0 Å². The number of benzene rings is 2. The highest BCUT2D eigenvalue weighted by atomic mass is 35.5. The van der Waals surface area contributed by atoms with Gasteiger partial charge in [-0.25, -0.2) is 9.98 Å². The summed E-state index contributed by atoms with van der Waals surface area (Å²) in [7, 11) is 3.89. The Bertz CT molecular complexity index is 1450.